The normalized spacial score (nSPS) is 16.9. The van der Waals surface area contributed by atoms with E-state index >= 15 is 0 Å². The van der Waals surface area contributed by atoms with Gasteiger partial charge in [0.15, 0.2) is 5.65 Å². The molecule has 0 saturated heterocycles. The molecule has 0 fully saturated rings. The smallest absolute Gasteiger partial charge is 0.155 e. The van der Waals surface area contributed by atoms with E-state index in [0.29, 0.717) is 5.92 Å². The van der Waals surface area contributed by atoms with E-state index in [0.717, 1.165) is 24.2 Å². The predicted molar refractivity (Wildman–Crippen MR) is 55.0 cm³/mol. The Morgan fingerprint density at radius 2 is 2.14 bits per heavy atom. The van der Waals surface area contributed by atoms with Crippen molar-refractivity contribution < 1.29 is 0 Å². The summed E-state index contributed by atoms with van der Waals surface area (Å²) in [6, 6.07) is 4.04. The molecule has 14 heavy (non-hydrogen) atoms. The fourth-order valence-electron chi connectivity index (χ4n) is 2.03. The fourth-order valence-corrected chi connectivity index (χ4v) is 2.03. The Morgan fingerprint density at radius 1 is 1.29 bits per heavy atom. The van der Waals surface area contributed by atoms with Crippen LogP contribution in [0, 0.1) is 0 Å². The summed E-state index contributed by atoms with van der Waals surface area (Å²) in [6.07, 6.45) is 8.45. The molecule has 70 valence electrons. The monoisotopic (exact) mass is 185 g/mol. The Balaban J connectivity index is 2.12. The number of H-pyrrole nitrogens is 1. The van der Waals surface area contributed by atoms with Crippen molar-refractivity contribution in [3.8, 4) is 0 Å². The number of hydrogen-bond donors (Lipinski definition) is 1. The highest BCUT2D eigenvalue weighted by Gasteiger charge is 2.18. The maximum Gasteiger partial charge on any atom is 0.155 e. The van der Waals surface area contributed by atoms with Crippen molar-refractivity contribution in [2.45, 2.75) is 18.8 Å². The first-order valence-corrected chi connectivity index (χ1v) is 4.89. The molecule has 2 aromatic rings. The molecular formula is C11H11N3. The van der Waals surface area contributed by atoms with Gasteiger partial charge >= 0.3 is 0 Å². The molecule has 3 heteroatoms. The number of fused-ring (bicyclic) bond motifs is 1. The summed E-state index contributed by atoms with van der Waals surface area (Å²) in [4.78, 5) is 4.23. The van der Waals surface area contributed by atoms with E-state index in [4.69, 9.17) is 0 Å². The molecule has 0 radical (unpaired) electrons. The Kier molecular flexibility index (Phi) is 1.63. The maximum atomic E-state index is 4.35. The Labute approximate surface area is 81.9 Å². The van der Waals surface area contributed by atoms with Gasteiger partial charge in [0.1, 0.15) is 0 Å². The van der Waals surface area contributed by atoms with Gasteiger partial charge in [0.25, 0.3) is 0 Å². The van der Waals surface area contributed by atoms with Gasteiger partial charge in [0, 0.05) is 17.5 Å². The molecular weight excluding hydrogens is 174 g/mol. The third-order valence-corrected chi connectivity index (χ3v) is 2.76. The average molecular weight is 185 g/mol. The van der Waals surface area contributed by atoms with Crippen LogP contribution in [0.25, 0.3) is 11.0 Å². The van der Waals surface area contributed by atoms with Gasteiger partial charge in [-0.3, -0.25) is 5.10 Å². The van der Waals surface area contributed by atoms with E-state index in [1.165, 1.54) is 5.39 Å². The summed E-state index contributed by atoms with van der Waals surface area (Å²) >= 11 is 0. The van der Waals surface area contributed by atoms with Gasteiger partial charge in [-0.1, -0.05) is 12.2 Å². The van der Waals surface area contributed by atoms with Crippen LogP contribution in [0.3, 0.4) is 0 Å². The lowest BCUT2D eigenvalue weighted by Crippen LogP contribution is -1.93. The highest BCUT2D eigenvalue weighted by atomic mass is 15.1. The number of aromatic amines is 1. The number of allylic oxidation sites excluding steroid dienone is 2. The van der Waals surface area contributed by atoms with E-state index in [1.54, 1.807) is 6.20 Å². The van der Waals surface area contributed by atoms with E-state index < -0.39 is 0 Å². The van der Waals surface area contributed by atoms with Gasteiger partial charge in [-0.15, -0.1) is 0 Å². The largest absolute Gasteiger partial charge is 0.261 e. The number of hydrogen-bond acceptors (Lipinski definition) is 2. The second-order valence-corrected chi connectivity index (χ2v) is 3.65. The zero-order chi connectivity index (χ0) is 9.38. The summed E-state index contributed by atoms with van der Waals surface area (Å²) in [7, 11) is 0. The standard InChI is InChI=1S/C11H11N3/c1-2-5-8(4-1)10-9-6-3-7-12-11(9)14-13-10/h1-3,6-8H,4-5H2,(H,12,13,14). The minimum absolute atomic E-state index is 0.549. The number of rotatable bonds is 1. The van der Waals surface area contributed by atoms with Gasteiger partial charge in [0.2, 0.25) is 0 Å². The van der Waals surface area contributed by atoms with Crippen LogP contribution in [0.5, 0.6) is 0 Å². The average Bonchev–Trinajstić information content (AvgIpc) is 2.85. The molecule has 0 aliphatic heterocycles. The number of pyridine rings is 1. The van der Waals surface area contributed by atoms with Gasteiger partial charge in [-0.25, -0.2) is 4.98 Å². The van der Waals surface area contributed by atoms with Gasteiger partial charge < -0.3 is 0 Å². The Bertz CT molecular complexity index is 476. The van der Waals surface area contributed by atoms with E-state index in [2.05, 4.69) is 33.4 Å². The molecule has 0 unspecified atom stereocenters. The van der Waals surface area contributed by atoms with Crippen molar-refractivity contribution in [3.63, 3.8) is 0 Å². The SMILES string of the molecule is C1=CCC(c2n[nH]c3ncccc23)C1. The van der Waals surface area contributed by atoms with Crippen LogP contribution in [0.2, 0.25) is 0 Å². The summed E-state index contributed by atoms with van der Waals surface area (Å²) < 4.78 is 0. The molecule has 0 aromatic carbocycles. The minimum atomic E-state index is 0.549. The molecule has 2 heterocycles. The van der Waals surface area contributed by atoms with Crippen LogP contribution in [-0.2, 0) is 0 Å². The van der Waals surface area contributed by atoms with Gasteiger partial charge in [0.05, 0.1) is 5.69 Å². The Hall–Kier alpha value is -1.64. The van der Waals surface area contributed by atoms with Crippen LogP contribution in [-0.4, -0.2) is 15.2 Å². The third kappa shape index (κ3) is 1.05. The Morgan fingerprint density at radius 3 is 3.00 bits per heavy atom. The van der Waals surface area contributed by atoms with Crippen molar-refractivity contribution in [2.75, 3.05) is 0 Å². The lowest BCUT2D eigenvalue weighted by molar-refractivity contribution is 0.725. The number of nitrogens with one attached hydrogen (secondary N) is 1. The quantitative estimate of drug-likeness (QED) is 0.693. The zero-order valence-corrected chi connectivity index (χ0v) is 7.77. The topological polar surface area (TPSA) is 41.6 Å². The predicted octanol–water partition coefficient (Wildman–Crippen LogP) is 2.39. The van der Waals surface area contributed by atoms with Crippen molar-refractivity contribution in [1.82, 2.24) is 15.2 Å². The van der Waals surface area contributed by atoms with Crippen LogP contribution >= 0.6 is 0 Å². The summed E-state index contributed by atoms with van der Waals surface area (Å²) in [5.74, 6) is 0.549. The summed E-state index contributed by atoms with van der Waals surface area (Å²) in [6.45, 7) is 0. The van der Waals surface area contributed by atoms with Gasteiger partial charge in [-0.2, -0.15) is 5.10 Å². The lowest BCUT2D eigenvalue weighted by Gasteiger charge is -2.04. The molecule has 1 aliphatic rings. The van der Waals surface area contributed by atoms with Crippen LogP contribution in [0.1, 0.15) is 24.5 Å². The molecule has 0 bridgehead atoms. The molecule has 1 aliphatic carbocycles. The second-order valence-electron chi connectivity index (χ2n) is 3.65. The number of aromatic nitrogens is 3. The summed E-state index contributed by atoms with van der Waals surface area (Å²) in [5, 5.41) is 8.49. The first-order chi connectivity index (χ1) is 6.95. The molecule has 0 spiro atoms. The summed E-state index contributed by atoms with van der Waals surface area (Å²) in [5.41, 5.74) is 2.06. The lowest BCUT2D eigenvalue weighted by atomic mass is 10.0. The highest BCUT2D eigenvalue weighted by molar-refractivity contribution is 5.78. The highest BCUT2D eigenvalue weighted by Crippen LogP contribution is 2.31. The molecule has 0 saturated carbocycles. The molecule has 2 aromatic heterocycles. The first kappa shape index (κ1) is 7.74. The fraction of sp³-hybridized carbons (Fsp3) is 0.273. The van der Waals surface area contributed by atoms with E-state index in [1.807, 2.05) is 6.07 Å². The molecule has 3 rings (SSSR count). The van der Waals surface area contributed by atoms with E-state index in [9.17, 15) is 0 Å². The minimum Gasteiger partial charge on any atom is -0.261 e. The molecule has 1 N–H and O–H groups in total. The van der Waals surface area contributed by atoms with Crippen molar-refractivity contribution in [3.05, 3.63) is 36.2 Å². The maximum absolute atomic E-state index is 4.35. The number of nitrogens with zero attached hydrogens (tertiary/aromatic N) is 2. The van der Waals surface area contributed by atoms with Crippen molar-refractivity contribution in [2.24, 2.45) is 0 Å². The van der Waals surface area contributed by atoms with Crippen molar-refractivity contribution in [1.29, 1.82) is 0 Å². The van der Waals surface area contributed by atoms with Crippen LogP contribution in [0.4, 0.5) is 0 Å². The zero-order valence-electron chi connectivity index (χ0n) is 7.77. The first-order valence-electron chi connectivity index (χ1n) is 4.89. The van der Waals surface area contributed by atoms with Crippen LogP contribution in [0.15, 0.2) is 30.5 Å². The molecule has 0 atom stereocenters. The third-order valence-electron chi connectivity index (χ3n) is 2.76. The van der Waals surface area contributed by atoms with Crippen LogP contribution < -0.4 is 0 Å². The van der Waals surface area contributed by atoms with Crippen molar-refractivity contribution >= 4 is 11.0 Å². The second kappa shape index (κ2) is 2.94. The van der Waals surface area contributed by atoms with E-state index in [-0.39, 0.29) is 0 Å². The molecule has 0 amide bonds. The van der Waals surface area contributed by atoms with Gasteiger partial charge in [-0.05, 0) is 25.0 Å². The molecule has 3 nitrogen and oxygen atoms in total.